The van der Waals surface area contributed by atoms with E-state index in [1.807, 2.05) is 6.07 Å². The van der Waals surface area contributed by atoms with Crippen molar-refractivity contribution in [2.24, 2.45) is 11.8 Å². The minimum atomic E-state index is 0.0946. The topological polar surface area (TPSA) is 32.3 Å². The van der Waals surface area contributed by atoms with Crippen molar-refractivity contribution < 1.29 is 5.11 Å². The molecule has 3 rings (SSSR count). The molecule has 0 saturated heterocycles. The molecule has 0 amide bonds. The fourth-order valence-corrected chi connectivity index (χ4v) is 5.01. The third-order valence-corrected chi connectivity index (χ3v) is 6.75. The highest BCUT2D eigenvalue weighted by Crippen LogP contribution is 2.54. The maximum absolute atomic E-state index is 11.0. The molecule has 2 aliphatic rings. The van der Waals surface area contributed by atoms with Crippen LogP contribution in [0.15, 0.2) is 24.3 Å². The second-order valence-corrected chi connectivity index (χ2v) is 9.15. The molecule has 2 N–H and O–H groups in total. The summed E-state index contributed by atoms with van der Waals surface area (Å²) in [5, 5.41) is 14.7. The average molecular weight is 342 g/mol. The van der Waals surface area contributed by atoms with E-state index >= 15 is 0 Å². The molecule has 1 aromatic carbocycles. The molecule has 1 aromatic rings. The number of allylic oxidation sites excluding steroid dienone is 1. The van der Waals surface area contributed by atoms with Crippen LogP contribution in [0.1, 0.15) is 83.8 Å². The van der Waals surface area contributed by atoms with Crippen LogP contribution in [0.5, 0.6) is 5.75 Å². The van der Waals surface area contributed by atoms with Crippen LogP contribution in [0.2, 0.25) is 0 Å². The van der Waals surface area contributed by atoms with E-state index < -0.39 is 0 Å². The zero-order valence-corrected chi connectivity index (χ0v) is 16.7. The van der Waals surface area contributed by atoms with Gasteiger partial charge in [0.15, 0.2) is 0 Å². The number of hydrogen-bond acceptors (Lipinski definition) is 2. The molecule has 2 heteroatoms. The SMILES string of the molecule is C=C(C)C1CCC(C)C2Nc3cc(C(C)(C)CCCC)cc(O)c3C12. The largest absolute Gasteiger partial charge is 0.508 e. The van der Waals surface area contributed by atoms with E-state index in [0.717, 1.165) is 17.7 Å². The molecule has 1 aliphatic heterocycles. The number of rotatable bonds is 5. The fraction of sp³-hybridized carbons (Fsp3) is 0.652. The first-order valence-electron chi connectivity index (χ1n) is 10.1. The molecule has 4 unspecified atom stereocenters. The highest BCUT2D eigenvalue weighted by atomic mass is 16.3. The van der Waals surface area contributed by atoms with Crippen LogP contribution in [0.3, 0.4) is 0 Å². The van der Waals surface area contributed by atoms with Gasteiger partial charge >= 0.3 is 0 Å². The van der Waals surface area contributed by atoms with E-state index in [9.17, 15) is 5.11 Å². The lowest BCUT2D eigenvalue weighted by Gasteiger charge is -2.38. The van der Waals surface area contributed by atoms with Crippen LogP contribution in [0.4, 0.5) is 5.69 Å². The zero-order valence-electron chi connectivity index (χ0n) is 16.7. The molecule has 1 fully saturated rings. The van der Waals surface area contributed by atoms with Gasteiger partial charge in [-0.1, -0.05) is 52.7 Å². The first-order chi connectivity index (χ1) is 11.8. The number of unbranched alkanes of at least 4 members (excludes halogenated alkanes) is 1. The average Bonchev–Trinajstić information content (AvgIpc) is 2.94. The Labute approximate surface area is 153 Å². The molecule has 1 aliphatic carbocycles. The van der Waals surface area contributed by atoms with Gasteiger partial charge in [-0.05, 0) is 61.1 Å². The quantitative estimate of drug-likeness (QED) is 0.611. The van der Waals surface area contributed by atoms with Crippen molar-refractivity contribution in [1.29, 1.82) is 0 Å². The summed E-state index contributed by atoms with van der Waals surface area (Å²) in [5.74, 6) is 1.95. The monoisotopic (exact) mass is 341 g/mol. The number of anilines is 1. The molecular weight excluding hydrogens is 306 g/mol. The van der Waals surface area contributed by atoms with Crippen molar-refractivity contribution >= 4 is 5.69 Å². The number of phenols is 1. The van der Waals surface area contributed by atoms with Crippen LogP contribution < -0.4 is 5.32 Å². The van der Waals surface area contributed by atoms with Gasteiger partial charge in [0.05, 0.1) is 0 Å². The first kappa shape index (κ1) is 18.4. The summed E-state index contributed by atoms with van der Waals surface area (Å²) >= 11 is 0. The van der Waals surface area contributed by atoms with Gasteiger partial charge in [-0.3, -0.25) is 0 Å². The smallest absolute Gasteiger partial charge is 0.121 e. The van der Waals surface area contributed by atoms with Gasteiger partial charge in [-0.25, -0.2) is 0 Å². The van der Waals surface area contributed by atoms with E-state index in [0.29, 0.717) is 29.5 Å². The Morgan fingerprint density at radius 1 is 1.32 bits per heavy atom. The predicted octanol–water partition coefficient (Wildman–Crippen LogP) is 6.36. The molecule has 1 saturated carbocycles. The Bertz CT molecular complexity index is 660. The van der Waals surface area contributed by atoms with E-state index in [-0.39, 0.29) is 5.41 Å². The van der Waals surface area contributed by atoms with Gasteiger partial charge in [0.25, 0.3) is 0 Å². The highest BCUT2D eigenvalue weighted by Gasteiger charge is 2.45. The van der Waals surface area contributed by atoms with E-state index in [1.54, 1.807) is 0 Å². The third-order valence-electron chi connectivity index (χ3n) is 6.75. The second kappa shape index (κ2) is 6.70. The minimum absolute atomic E-state index is 0.0946. The predicted molar refractivity (Wildman–Crippen MR) is 108 cm³/mol. The fourth-order valence-electron chi connectivity index (χ4n) is 5.01. The summed E-state index contributed by atoms with van der Waals surface area (Å²) in [5.41, 5.74) is 4.90. The second-order valence-electron chi connectivity index (χ2n) is 9.15. The van der Waals surface area contributed by atoms with Crippen molar-refractivity contribution in [2.75, 3.05) is 5.32 Å². The summed E-state index contributed by atoms with van der Waals surface area (Å²) in [6, 6.07) is 4.77. The first-order valence-corrected chi connectivity index (χ1v) is 10.1. The van der Waals surface area contributed by atoms with Crippen LogP contribution in [0.25, 0.3) is 0 Å². The zero-order chi connectivity index (χ0) is 18.4. The summed E-state index contributed by atoms with van der Waals surface area (Å²) in [6.07, 6.45) is 6.00. The Kier molecular flexibility index (Phi) is 4.92. The molecule has 2 nitrogen and oxygen atoms in total. The maximum Gasteiger partial charge on any atom is 0.121 e. The van der Waals surface area contributed by atoms with Gasteiger partial charge in [-0.2, -0.15) is 0 Å². The lowest BCUT2D eigenvalue weighted by molar-refractivity contribution is 0.258. The van der Waals surface area contributed by atoms with Crippen molar-refractivity contribution in [2.45, 2.75) is 84.1 Å². The number of fused-ring (bicyclic) bond motifs is 3. The lowest BCUT2D eigenvalue weighted by atomic mass is 9.67. The minimum Gasteiger partial charge on any atom is -0.508 e. The number of nitrogens with one attached hydrogen (secondary N) is 1. The molecule has 0 spiro atoms. The maximum atomic E-state index is 11.0. The molecule has 0 radical (unpaired) electrons. The molecule has 0 aromatic heterocycles. The van der Waals surface area contributed by atoms with Gasteiger partial charge < -0.3 is 10.4 Å². The number of hydrogen-bond donors (Lipinski definition) is 2. The molecule has 0 bridgehead atoms. The Morgan fingerprint density at radius 2 is 2.04 bits per heavy atom. The Morgan fingerprint density at radius 3 is 2.68 bits per heavy atom. The van der Waals surface area contributed by atoms with E-state index in [2.05, 4.69) is 52.6 Å². The summed E-state index contributed by atoms with van der Waals surface area (Å²) in [6.45, 7) is 15.6. The van der Waals surface area contributed by atoms with Gasteiger partial charge in [0.2, 0.25) is 0 Å². The molecule has 138 valence electrons. The molecule has 4 atom stereocenters. The van der Waals surface area contributed by atoms with Crippen molar-refractivity contribution in [1.82, 2.24) is 0 Å². The number of phenolic OH excluding ortho intramolecular Hbond substituents is 1. The van der Waals surface area contributed by atoms with Crippen molar-refractivity contribution in [3.8, 4) is 5.75 Å². The Hall–Kier alpha value is -1.44. The van der Waals surface area contributed by atoms with Gasteiger partial charge in [-0.15, -0.1) is 0 Å². The van der Waals surface area contributed by atoms with Crippen LogP contribution in [0, 0.1) is 11.8 Å². The van der Waals surface area contributed by atoms with Crippen molar-refractivity contribution in [3.05, 3.63) is 35.4 Å². The number of aromatic hydroxyl groups is 1. The lowest BCUT2D eigenvalue weighted by Crippen LogP contribution is -2.37. The van der Waals surface area contributed by atoms with Gasteiger partial charge in [0, 0.05) is 23.2 Å². The van der Waals surface area contributed by atoms with Crippen LogP contribution in [-0.2, 0) is 5.41 Å². The molecule has 1 heterocycles. The molecule has 25 heavy (non-hydrogen) atoms. The summed E-state index contributed by atoms with van der Waals surface area (Å²) < 4.78 is 0. The van der Waals surface area contributed by atoms with Crippen LogP contribution in [-0.4, -0.2) is 11.1 Å². The summed E-state index contributed by atoms with van der Waals surface area (Å²) in [7, 11) is 0. The van der Waals surface area contributed by atoms with E-state index in [4.69, 9.17) is 0 Å². The third kappa shape index (κ3) is 3.20. The van der Waals surface area contributed by atoms with E-state index in [1.165, 1.54) is 36.8 Å². The standard InChI is InChI=1S/C23H35NO/c1-7-8-11-23(5,6)16-12-18-21(19(25)13-16)20-17(14(2)3)10-9-15(4)22(20)24-18/h12-13,15,17,20,22,24-25H,2,7-11H2,1,3-6H3. The summed E-state index contributed by atoms with van der Waals surface area (Å²) in [4.78, 5) is 0. The number of benzene rings is 1. The Balaban J connectivity index is 2.01. The highest BCUT2D eigenvalue weighted by molar-refractivity contribution is 5.67. The normalized spacial score (nSPS) is 28.2. The van der Waals surface area contributed by atoms with Crippen LogP contribution >= 0.6 is 0 Å². The van der Waals surface area contributed by atoms with Gasteiger partial charge in [0.1, 0.15) is 5.75 Å². The van der Waals surface area contributed by atoms with Crippen molar-refractivity contribution in [3.63, 3.8) is 0 Å². The molecular formula is C23H35NO.